The van der Waals surface area contributed by atoms with E-state index in [0.717, 1.165) is 37.0 Å². The Bertz CT molecular complexity index is 442. The highest BCUT2D eigenvalue weighted by molar-refractivity contribution is 5.20. The molecular formula is C18H26N+. The van der Waals surface area contributed by atoms with Crippen LogP contribution in [0.1, 0.15) is 38.7 Å². The highest BCUT2D eigenvalue weighted by Gasteiger charge is 2.21. The van der Waals surface area contributed by atoms with Crippen LogP contribution in [0, 0.1) is 0 Å². The lowest BCUT2D eigenvalue weighted by Crippen LogP contribution is -2.25. The first-order valence-corrected chi connectivity index (χ1v) is 7.03. The van der Waals surface area contributed by atoms with E-state index in [0.29, 0.717) is 6.04 Å². The normalized spacial score (nSPS) is 11.9. The summed E-state index contributed by atoms with van der Waals surface area (Å²) in [7, 11) is 0. The summed E-state index contributed by atoms with van der Waals surface area (Å²) >= 11 is 0. The van der Waals surface area contributed by atoms with Gasteiger partial charge in [0.1, 0.15) is 6.72 Å². The number of rotatable bonds is 8. The first kappa shape index (κ1) is 15.4. The number of allylic oxidation sites excluding steroid dienone is 1. The van der Waals surface area contributed by atoms with Crippen molar-refractivity contribution in [2.75, 3.05) is 0 Å². The van der Waals surface area contributed by atoms with Gasteiger partial charge in [-0.05, 0) is 37.5 Å². The van der Waals surface area contributed by atoms with Gasteiger partial charge in [0.05, 0.1) is 0 Å². The molecule has 0 aromatic heterocycles. The molecule has 0 aliphatic rings. The molecule has 0 amide bonds. The second kappa shape index (κ2) is 7.73. The number of hydrogen-bond acceptors (Lipinski definition) is 0. The molecule has 0 heterocycles. The van der Waals surface area contributed by atoms with Crippen LogP contribution in [-0.2, 0) is 6.42 Å². The molecule has 0 saturated heterocycles. The minimum atomic E-state index is 0.313. The van der Waals surface area contributed by atoms with Crippen molar-refractivity contribution in [3.63, 3.8) is 0 Å². The summed E-state index contributed by atoms with van der Waals surface area (Å²) in [5.41, 5.74) is 3.60. The third-order valence-electron chi connectivity index (χ3n) is 3.46. The first-order chi connectivity index (χ1) is 9.06. The zero-order valence-electron chi connectivity index (χ0n) is 12.4. The Kier molecular flexibility index (Phi) is 6.27. The Morgan fingerprint density at radius 2 is 1.84 bits per heavy atom. The quantitative estimate of drug-likeness (QED) is 0.363. The van der Waals surface area contributed by atoms with E-state index in [2.05, 4.69) is 62.6 Å². The van der Waals surface area contributed by atoms with Gasteiger partial charge in [0, 0.05) is 12.8 Å². The SMILES string of the molecule is C=C(C)C(CCC)[N+](=C)C(=C)CCc1ccccc1. The van der Waals surface area contributed by atoms with Crippen LogP contribution in [0.2, 0.25) is 0 Å². The lowest BCUT2D eigenvalue weighted by atomic mass is 10.0. The molecule has 0 radical (unpaired) electrons. The van der Waals surface area contributed by atoms with Crippen LogP contribution >= 0.6 is 0 Å². The first-order valence-electron chi connectivity index (χ1n) is 7.03. The Balaban J connectivity index is 2.57. The molecule has 1 aromatic carbocycles. The number of hydrogen-bond donors (Lipinski definition) is 0. The molecule has 1 aromatic rings. The fourth-order valence-electron chi connectivity index (χ4n) is 2.24. The molecule has 1 heteroatoms. The predicted molar refractivity (Wildman–Crippen MR) is 84.8 cm³/mol. The lowest BCUT2D eigenvalue weighted by molar-refractivity contribution is -0.503. The maximum atomic E-state index is 4.18. The van der Waals surface area contributed by atoms with E-state index in [1.807, 2.05) is 6.07 Å². The van der Waals surface area contributed by atoms with Gasteiger partial charge in [0.15, 0.2) is 11.7 Å². The Morgan fingerprint density at radius 1 is 1.21 bits per heavy atom. The molecule has 19 heavy (non-hydrogen) atoms. The standard InChI is InChI=1S/C18H26N/c1-6-10-18(15(2)3)19(5)16(4)13-14-17-11-8-7-9-12-17/h7-9,11-12,18H,2,4-6,10,13-14H2,1,3H3/q+1. The third-order valence-corrected chi connectivity index (χ3v) is 3.46. The van der Waals surface area contributed by atoms with Crippen LogP contribution in [0.4, 0.5) is 0 Å². The van der Waals surface area contributed by atoms with Gasteiger partial charge in [-0.2, -0.15) is 0 Å². The van der Waals surface area contributed by atoms with Crippen LogP contribution < -0.4 is 0 Å². The van der Waals surface area contributed by atoms with Crippen molar-refractivity contribution < 1.29 is 4.58 Å². The van der Waals surface area contributed by atoms with Gasteiger partial charge in [0.25, 0.3) is 0 Å². The second-order valence-corrected chi connectivity index (χ2v) is 5.17. The van der Waals surface area contributed by atoms with Crippen molar-refractivity contribution in [2.45, 2.75) is 45.6 Å². The fourth-order valence-corrected chi connectivity index (χ4v) is 2.24. The molecule has 102 valence electrons. The van der Waals surface area contributed by atoms with Gasteiger partial charge < -0.3 is 0 Å². The zero-order valence-corrected chi connectivity index (χ0v) is 12.4. The van der Waals surface area contributed by atoms with Crippen molar-refractivity contribution in [3.05, 3.63) is 60.3 Å². The highest BCUT2D eigenvalue weighted by atomic mass is 15.0. The second-order valence-electron chi connectivity index (χ2n) is 5.17. The summed E-state index contributed by atoms with van der Waals surface area (Å²) in [5.74, 6) is 0. The van der Waals surface area contributed by atoms with Crippen LogP contribution in [0.5, 0.6) is 0 Å². The van der Waals surface area contributed by atoms with Gasteiger partial charge in [-0.1, -0.05) is 43.8 Å². The maximum Gasteiger partial charge on any atom is 0.178 e. The molecule has 0 aliphatic heterocycles. The molecule has 0 bridgehead atoms. The summed E-state index contributed by atoms with van der Waals surface area (Å²) in [6.07, 6.45) is 4.18. The molecule has 1 nitrogen and oxygen atoms in total. The van der Waals surface area contributed by atoms with E-state index in [9.17, 15) is 0 Å². The summed E-state index contributed by atoms with van der Waals surface area (Å²) in [6, 6.07) is 10.8. The summed E-state index contributed by atoms with van der Waals surface area (Å²) in [4.78, 5) is 0. The van der Waals surface area contributed by atoms with E-state index in [1.54, 1.807) is 0 Å². The summed E-state index contributed by atoms with van der Waals surface area (Å²) < 4.78 is 2.05. The molecule has 0 spiro atoms. The van der Waals surface area contributed by atoms with Gasteiger partial charge in [-0.25, -0.2) is 4.58 Å². The smallest absolute Gasteiger partial charge is 0.178 e. The lowest BCUT2D eigenvalue weighted by Gasteiger charge is -2.15. The molecule has 1 atom stereocenters. The Hall–Kier alpha value is -1.63. The highest BCUT2D eigenvalue weighted by Crippen LogP contribution is 2.16. The third kappa shape index (κ3) is 4.86. The van der Waals surface area contributed by atoms with Crippen LogP contribution in [0.3, 0.4) is 0 Å². The largest absolute Gasteiger partial charge is 0.203 e. The molecule has 1 rings (SSSR count). The molecule has 1 unspecified atom stereocenters. The Labute approximate surface area is 118 Å². The molecule has 0 N–H and O–H groups in total. The zero-order chi connectivity index (χ0) is 14.3. The topological polar surface area (TPSA) is 3.01 Å². The average molecular weight is 256 g/mol. The van der Waals surface area contributed by atoms with Gasteiger partial charge >= 0.3 is 0 Å². The fraction of sp³-hybridized carbons (Fsp3) is 0.389. The summed E-state index contributed by atoms with van der Waals surface area (Å²) in [5, 5.41) is 0. The van der Waals surface area contributed by atoms with Crippen molar-refractivity contribution >= 4 is 6.72 Å². The molecular weight excluding hydrogens is 230 g/mol. The number of aryl methyl sites for hydroxylation is 1. The number of benzene rings is 1. The molecule has 0 fully saturated rings. The van der Waals surface area contributed by atoms with E-state index in [-0.39, 0.29) is 0 Å². The average Bonchev–Trinajstić information content (AvgIpc) is 2.42. The van der Waals surface area contributed by atoms with Crippen molar-refractivity contribution in [1.29, 1.82) is 0 Å². The van der Waals surface area contributed by atoms with E-state index in [1.165, 1.54) is 5.56 Å². The van der Waals surface area contributed by atoms with Crippen LogP contribution in [-0.4, -0.2) is 17.3 Å². The van der Waals surface area contributed by atoms with Crippen molar-refractivity contribution in [2.24, 2.45) is 0 Å². The monoisotopic (exact) mass is 256 g/mol. The van der Waals surface area contributed by atoms with Crippen LogP contribution in [0.15, 0.2) is 54.8 Å². The predicted octanol–water partition coefficient (Wildman–Crippen LogP) is 4.59. The molecule has 0 saturated carbocycles. The van der Waals surface area contributed by atoms with Gasteiger partial charge in [-0.15, -0.1) is 0 Å². The maximum absolute atomic E-state index is 4.18. The van der Waals surface area contributed by atoms with E-state index in [4.69, 9.17) is 0 Å². The van der Waals surface area contributed by atoms with E-state index < -0.39 is 0 Å². The van der Waals surface area contributed by atoms with Crippen molar-refractivity contribution in [1.82, 2.24) is 0 Å². The minimum Gasteiger partial charge on any atom is -0.203 e. The van der Waals surface area contributed by atoms with Crippen LogP contribution in [0.25, 0.3) is 0 Å². The Morgan fingerprint density at radius 3 is 2.37 bits per heavy atom. The van der Waals surface area contributed by atoms with Crippen molar-refractivity contribution in [3.8, 4) is 0 Å². The summed E-state index contributed by atoms with van der Waals surface area (Å²) in [6.45, 7) is 16.7. The molecule has 0 aliphatic carbocycles. The number of nitrogens with zero attached hydrogens (tertiary/aromatic N) is 1. The minimum absolute atomic E-state index is 0.313. The van der Waals surface area contributed by atoms with E-state index >= 15 is 0 Å². The van der Waals surface area contributed by atoms with Gasteiger partial charge in [0.2, 0.25) is 0 Å². The van der Waals surface area contributed by atoms with Gasteiger partial charge in [-0.3, -0.25) is 0 Å².